The maximum Gasteiger partial charge on any atom is 0.355 e. The number of piperidine rings is 1. The Morgan fingerprint density at radius 1 is 0.907 bits per heavy atom. The van der Waals surface area contributed by atoms with E-state index in [1.807, 2.05) is 83.4 Å². The maximum absolute atomic E-state index is 13.6. The van der Waals surface area contributed by atoms with Gasteiger partial charge in [0.05, 0.1) is 5.75 Å². The summed E-state index contributed by atoms with van der Waals surface area (Å²) in [6, 6.07) is 28.5. The molecule has 0 spiro atoms. The van der Waals surface area contributed by atoms with Crippen molar-refractivity contribution < 1.29 is 17.9 Å². The summed E-state index contributed by atoms with van der Waals surface area (Å²) in [4.78, 5) is 15.9. The summed E-state index contributed by atoms with van der Waals surface area (Å²) >= 11 is 0. The van der Waals surface area contributed by atoms with Gasteiger partial charge in [0.1, 0.15) is 11.8 Å². The van der Waals surface area contributed by atoms with Crippen molar-refractivity contribution >= 4 is 43.4 Å². The van der Waals surface area contributed by atoms with Crippen LogP contribution < -0.4 is 10.5 Å². The standard InChI is InChI=1S/C34H36N4O4S/c1-37-15-13-30(14-16-37)42-34(39)33-20-27-12-11-25(21-35)17-32(27)38(33)22-28-19-29(18-26-9-5-6-10-31(26)28)36-43(40,41)23-24-7-3-2-4-8-24/h2-12,17-20,30,36H,13-16,21-23,35H2,1H3. The van der Waals surface area contributed by atoms with Gasteiger partial charge in [0.25, 0.3) is 0 Å². The number of hydrogen-bond acceptors (Lipinski definition) is 6. The van der Waals surface area contributed by atoms with Gasteiger partial charge in [-0.1, -0.05) is 66.7 Å². The number of benzene rings is 4. The summed E-state index contributed by atoms with van der Waals surface area (Å²) in [5, 5.41) is 2.78. The van der Waals surface area contributed by atoms with E-state index in [2.05, 4.69) is 16.7 Å². The normalized spacial score (nSPS) is 14.7. The molecule has 9 heteroatoms. The molecule has 0 aliphatic carbocycles. The van der Waals surface area contributed by atoms with Crippen molar-refractivity contribution in [2.24, 2.45) is 5.73 Å². The highest BCUT2D eigenvalue weighted by Gasteiger charge is 2.25. The quantitative estimate of drug-likeness (QED) is 0.218. The van der Waals surface area contributed by atoms with E-state index in [1.165, 1.54) is 0 Å². The molecule has 3 N–H and O–H groups in total. The first-order chi connectivity index (χ1) is 20.8. The largest absolute Gasteiger partial charge is 0.458 e. The molecular formula is C34H36N4O4S. The number of likely N-dealkylation sites (tertiary alicyclic amines) is 1. The van der Waals surface area contributed by atoms with Gasteiger partial charge in [0.15, 0.2) is 0 Å². The van der Waals surface area contributed by atoms with E-state index in [9.17, 15) is 13.2 Å². The number of rotatable bonds is 9. The monoisotopic (exact) mass is 596 g/mol. The van der Waals surface area contributed by atoms with Crippen LogP contribution in [0, 0.1) is 0 Å². The predicted octanol–water partition coefficient (Wildman–Crippen LogP) is 5.49. The van der Waals surface area contributed by atoms with E-state index in [0.29, 0.717) is 30.0 Å². The molecule has 0 amide bonds. The molecule has 8 nitrogen and oxygen atoms in total. The molecule has 1 saturated heterocycles. The summed E-state index contributed by atoms with van der Waals surface area (Å²) in [6.07, 6.45) is 1.48. The molecule has 222 valence electrons. The fourth-order valence-electron chi connectivity index (χ4n) is 5.84. The zero-order valence-electron chi connectivity index (χ0n) is 24.2. The highest BCUT2D eigenvalue weighted by atomic mass is 32.2. The fraction of sp³-hybridized carbons (Fsp3) is 0.265. The minimum absolute atomic E-state index is 0.127. The average Bonchev–Trinajstić information content (AvgIpc) is 3.36. The van der Waals surface area contributed by atoms with Crippen LogP contribution in [0.2, 0.25) is 0 Å². The van der Waals surface area contributed by atoms with Crippen molar-refractivity contribution in [2.75, 3.05) is 24.9 Å². The molecule has 0 radical (unpaired) electrons. The summed E-state index contributed by atoms with van der Waals surface area (Å²) < 4.78 is 37.0. The van der Waals surface area contributed by atoms with Gasteiger partial charge in [-0.25, -0.2) is 13.2 Å². The van der Waals surface area contributed by atoms with Gasteiger partial charge in [-0.15, -0.1) is 0 Å². The first-order valence-corrected chi connectivity index (χ1v) is 16.2. The van der Waals surface area contributed by atoms with E-state index < -0.39 is 10.0 Å². The molecule has 4 aromatic carbocycles. The molecule has 0 saturated carbocycles. The molecule has 1 aromatic heterocycles. The van der Waals surface area contributed by atoms with E-state index in [0.717, 1.165) is 58.7 Å². The third-order valence-electron chi connectivity index (χ3n) is 8.10. The number of ether oxygens (including phenoxy) is 1. The van der Waals surface area contributed by atoms with E-state index in [-0.39, 0.29) is 17.8 Å². The summed E-state index contributed by atoms with van der Waals surface area (Å²) in [5.74, 6) is -0.489. The second-order valence-electron chi connectivity index (χ2n) is 11.3. The summed E-state index contributed by atoms with van der Waals surface area (Å²) in [7, 11) is -1.59. The molecule has 1 aliphatic heterocycles. The molecule has 1 fully saturated rings. The lowest BCUT2D eigenvalue weighted by molar-refractivity contribution is 0.0129. The Bertz CT molecular complexity index is 1880. The number of esters is 1. The van der Waals surface area contributed by atoms with E-state index in [4.69, 9.17) is 10.5 Å². The number of sulfonamides is 1. The highest BCUT2D eigenvalue weighted by molar-refractivity contribution is 7.91. The third-order valence-corrected chi connectivity index (χ3v) is 9.36. The molecule has 0 atom stereocenters. The third kappa shape index (κ3) is 6.59. The van der Waals surface area contributed by atoms with Crippen molar-refractivity contribution in [2.45, 2.75) is 37.8 Å². The van der Waals surface area contributed by atoms with Crippen LogP contribution in [0.25, 0.3) is 21.7 Å². The molecule has 1 aliphatic rings. The molecule has 43 heavy (non-hydrogen) atoms. The number of nitrogens with zero attached hydrogens (tertiary/aromatic N) is 2. The molecule has 0 bridgehead atoms. The van der Waals surface area contributed by atoms with Gasteiger partial charge >= 0.3 is 5.97 Å². The maximum atomic E-state index is 13.6. The van der Waals surface area contributed by atoms with Gasteiger partial charge in [-0.05, 0) is 71.6 Å². The van der Waals surface area contributed by atoms with Crippen LogP contribution in [-0.2, 0) is 33.6 Å². The first-order valence-electron chi connectivity index (χ1n) is 14.6. The molecule has 6 rings (SSSR count). The second kappa shape index (κ2) is 12.2. The van der Waals surface area contributed by atoms with Crippen molar-refractivity contribution in [3.63, 3.8) is 0 Å². The average molecular weight is 597 g/mol. The smallest absolute Gasteiger partial charge is 0.355 e. The SMILES string of the molecule is CN1CCC(OC(=O)c2cc3ccc(CN)cc3n2Cc2cc(NS(=O)(=O)Cc3ccccc3)cc3ccccc23)CC1. The van der Waals surface area contributed by atoms with Gasteiger partial charge in [-0.2, -0.15) is 0 Å². The van der Waals surface area contributed by atoms with Gasteiger partial charge < -0.3 is 19.9 Å². The Morgan fingerprint density at radius 2 is 1.65 bits per heavy atom. The van der Waals surface area contributed by atoms with E-state index in [1.54, 1.807) is 12.1 Å². The number of carbonyl (C=O) groups is 1. The lowest BCUT2D eigenvalue weighted by Gasteiger charge is -2.28. The van der Waals surface area contributed by atoms with Crippen LogP contribution in [0.1, 0.15) is 40.0 Å². The zero-order valence-corrected chi connectivity index (χ0v) is 25.0. The molecule has 5 aromatic rings. The lowest BCUT2D eigenvalue weighted by atomic mass is 10.0. The summed E-state index contributed by atoms with van der Waals surface area (Å²) in [5.41, 5.74) is 10.3. The number of nitrogens with two attached hydrogens (primary N) is 1. The van der Waals surface area contributed by atoms with Crippen LogP contribution in [-0.4, -0.2) is 50.1 Å². The molecule has 2 heterocycles. The van der Waals surface area contributed by atoms with Gasteiger partial charge in [0, 0.05) is 42.8 Å². The Kier molecular flexibility index (Phi) is 8.21. The molecule has 0 unspecified atom stereocenters. The number of carbonyl (C=O) groups excluding carboxylic acids is 1. The number of anilines is 1. The number of fused-ring (bicyclic) bond motifs is 2. The van der Waals surface area contributed by atoms with Crippen LogP contribution in [0.5, 0.6) is 0 Å². The van der Waals surface area contributed by atoms with Crippen LogP contribution >= 0.6 is 0 Å². The minimum Gasteiger partial charge on any atom is -0.458 e. The Balaban J connectivity index is 1.38. The van der Waals surface area contributed by atoms with Crippen molar-refractivity contribution in [3.8, 4) is 0 Å². The van der Waals surface area contributed by atoms with Crippen LogP contribution in [0.4, 0.5) is 5.69 Å². The lowest BCUT2D eigenvalue weighted by Crippen LogP contribution is -2.35. The second-order valence-corrected chi connectivity index (χ2v) is 13.0. The van der Waals surface area contributed by atoms with Crippen LogP contribution in [0.15, 0.2) is 91.0 Å². The van der Waals surface area contributed by atoms with Gasteiger partial charge in [0.2, 0.25) is 10.0 Å². The topological polar surface area (TPSA) is 107 Å². The number of nitrogens with one attached hydrogen (secondary N) is 1. The highest BCUT2D eigenvalue weighted by Crippen LogP contribution is 2.30. The fourth-order valence-corrected chi connectivity index (χ4v) is 7.02. The summed E-state index contributed by atoms with van der Waals surface area (Å²) in [6.45, 7) is 2.49. The molecular weight excluding hydrogens is 560 g/mol. The van der Waals surface area contributed by atoms with Crippen molar-refractivity contribution in [1.29, 1.82) is 0 Å². The van der Waals surface area contributed by atoms with Crippen molar-refractivity contribution in [1.82, 2.24) is 9.47 Å². The predicted molar refractivity (Wildman–Crippen MR) is 172 cm³/mol. The first kappa shape index (κ1) is 28.9. The Morgan fingerprint density at radius 3 is 2.42 bits per heavy atom. The number of hydrogen-bond donors (Lipinski definition) is 2. The van der Waals surface area contributed by atoms with E-state index >= 15 is 0 Å². The minimum atomic E-state index is -3.67. The number of aromatic nitrogens is 1. The Hall–Kier alpha value is -4.18. The zero-order chi connectivity index (χ0) is 30.0. The van der Waals surface area contributed by atoms with Crippen LogP contribution in [0.3, 0.4) is 0 Å². The Labute approximate surface area is 252 Å². The van der Waals surface area contributed by atoms with Crippen molar-refractivity contribution in [3.05, 3.63) is 113 Å². The van der Waals surface area contributed by atoms with Gasteiger partial charge in [-0.3, -0.25) is 4.72 Å².